The van der Waals surface area contributed by atoms with Gasteiger partial charge in [0.25, 0.3) is 5.56 Å². The Morgan fingerprint density at radius 2 is 1.76 bits per heavy atom. The average Bonchev–Trinajstić information content (AvgIpc) is 2.74. The van der Waals surface area contributed by atoms with Gasteiger partial charge in [-0.1, -0.05) is 43.3 Å². The number of nitriles is 1. The Morgan fingerprint density at radius 1 is 1.07 bits per heavy atom. The van der Waals surface area contributed by atoms with E-state index in [1.165, 1.54) is 30.8 Å². The fourth-order valence-corrected chi connectivity index (χ4v) is 3.24. The van der Waals surface area contributed by atoms with Crippen LogP contribution in [0.3, 0.4) is 0 Å². The topological polar surface area (TPSA) is 79.8 Å². The number of nitrogens with one attached hydrogen (secondary N) is 1. The van der Waals surface area contributed by atoms with E-state index < -0.39 is 23.1 Å². The Morgan fingerprint density at radius 3 is 2.34 bits per heavy atom. The first kappa shape index (κ1) is 20.1. The predicted molar refractivity (Wildman–Crippen MR) is 109 cm³/mol. The van der Waals surface area contributed by atoms with Gasteiger partial charge in [0, 0.05) is 14.1 Å². The largest absolute Gasteiger partial charge is 0.359 e. The SMILES string of the molecule is CCc1ccc([C@H](Nc2c(C#N)c(=O)n(C)c(=O)n2C)c2cccc(F)c2)cc1. The van der Waals surface area contributed by atoms with Crippen LogP contribution < -0.4 is 16.6 Å². The minimum atomic E-state index is -0.683. The molecule has 0 spiro atoms. The number of aromatic nitrogens is 2. The van der Waals surface area contributed by atoms with Crippen molar-refractivity contribution in [1.82, 2.24) is 9.13 Å². The molecule has 0 aliphatic carbocycles. The number of benzene rings is 2. The molecule has 3 rings (SSSR count). The van der Waals surface area contributed by atoms with E-state index in [9.17, 15) is 19.2 Å². The van der Waals surface area contributed by atoms with Crippen molar-refractivity contribution in [2.45, 2.75) is 19.4 Å². The average molecular weight is 392 g/mol. The summed E-state index contributed by atoms with van der Waals surface area (Å²) in [6.07, 6.45) is 0.875. The summed E-state index contributed by atoms with van der Waals surface area (Å²) in [7, 11) is 2.80. The molecule has 0 unspecified atom stereocenters. The highest BCUT2D eigenvalue weighted by atomic mass is 19.1. The van der Waals surface area contributed by atoms with E-state index in [1.807, 2.05) is 37.3 Å². The Labute approximate surface area is 167 Å². The Kier molecular flexibility index (Phi) is 5.64. The molecule has 1 atom stereocenters. The molecule has 0 amide bonds. The van der Waals surface area contributed by atoms with Gasteiger partial charge < -0.3 is 5.32 Å². The second-order valence-electron chi connectivity index (χ2n) is 6.77. The Hall–Kier alpha value is -3.66. The van der Waals surface area contributed by atoms with Crippen molar-refractivity contribution in [1.29, 1.82) is 5.26 Å². The molecular weight excluding hydrogens is 371 g/mol. The maximum Gasteiger partial charge on any atom is 0.332 e. The van der Waals surface area contributed by atoms with Crippen LogP contribution in [0.2, 0.25) is 0 Å². The molecule has 2 aromatic carbocycles. The Balaban J connectivity index is 2.20. The molecule has 148 valence electrons. The van der Waals surface area contributed by atoms with Crippen LogP contribution in [0.25, 0.3) is 0 Å². The second kappa shape index (κ2) is 8.15. The van der Waals surface area contributed by atoms with Gasteiger partial charge in [0.15, 0.2) is 5.56 Å². The zero-order chi connectivity index (χ0) is 21.1. The van der Waals surface area contributed by atoms with Crippen LogP contribution >= 0.6 is 0 Å². The number of hydrogen-bond donors (Lipinski definition) is 1. The molecule has 3 aromatic rings. The van der Waals surface area contributed by atoms with Gasteiger partial charge in [-0.05, 0) is 35.2 Å². The molecule has 0 saturated carbocycles. The lowest BCUT2D eigenvalue weighted by Gasteiger charge is -2.23. The van der Waals surface area contributed by atoms with E-state index in [0.29, 0.717) is 5.56 Å². The molecule has 1 aromatic heterocycles. The summed E-state index contributed by atoms with van der Waals surface area (Å²) in [6.45, 7) is 2.05. The van der Waals surface area contributed by atoms with Crippen molar-refractivity contribution in [2.75, 3.05) is 5.32 Å². The molecular formula is C22H21FN4O2. The van der Waals surface area contributed by atoms with Gasteiger partial charge in [-0.15, -0.1) is 0 Å². The molecule has 0 saturated heterocycles. The second-order valence-corrected chi connectivity index (χ2v) is 6.77. The first-order valence-corrected chi connectivity index (χ1v) is 9.18. The van der Waals surface area contributed by atoms with Gasteiger partial charge in [-0.3, -0.25) is 13.9 Å². The number of rotatable bonds is 5. The summed E-state index contributed by atoms with van der Waals surface area (Å²) >= 11 is 0. The predicted octanol–water partition coefficient (Wildman–Crippen LogP) is 2.86. The quantitative estimate of drug-likeness (QED) is 0.724. The Bertz CT molecular complexity index is 1200. The highest BCUT2D eigenvalue weighted by Crippen LogP contribution is 2.28. The van der Waals surface area contributed by atoms with Crippen molar-refractivity contribution < 1.29 is 4.39 Å². The van der Waals surface area contributed by atoms with Crippen molar-refractivity contribution in [2.24, 2.45) is 14.1 Å². The van der Waals surface area contributed by atoms with Crippen LogP contribution in [0.4, 0.5) is 10.2 Å². The lowest BCUT2D eigenvalue weighted by Crippen LogP contribution is -2.40. The molecule has 0 bridgehead atoms. The van der Waals surface area contributed by atoms with E-state index >= 15 is 0 Å². The highest BCUT2D eigenvalue weighted by Gasteiger charge is 2.21. The lowest BCUT2D eigenvalue weighted by molar-refractivity contribution is 0.624. The molecule has 6 nitrogen and oxygen atoms in total. The lowest BCUT2D eigenvalue weighted by atomic mass is 9.97. The maximum atomic E-state index is 13.9. The van der Waals surface area contributed by atoms with E-state index in [1.54, 1.807) is 12.1 Å². The monoisotopic (exact) mass is 392 g/mol. The number of nitrogens with zero attached hydrogens (tertiary/aromatic N) is 3. The van der Waals surface area contributed by atoms with Crippen molar-refractivity contribution >= 4 is 5.82 Å². The third-order valence-electron chi connectivity index (χ3n) is 4.96. The molecule has 7 heteroatoms. The van der Waals surface area contributed by atoms with Gasteiger partial charge in [0.1, 0.15) is 17.7 Å². The van der Waals surface area contributed by atoms with E-state index in [2.05, 4.69) is 5.32 Å². The van der Waals surface area contributed by atoms with Crippen molar-refractivity contribution in [3.63, 3.8) is 0 Å². The molecule has 0 fully saturated rings. The van der Waals surface area contributed by atoms with Crippen LogP contribution in [-0.2, 0) is 20.5 Å². The molecule has 0 radical (unpaired) electrons. The van der Waals surface area contributed by atoms with Gasteiger partial charge in [-0.25, -0.2) is 9.18 Å². The molecule has 1 N–H and O–H groups in total. The minimum Gasteiger partial charge on any atom is -0.359 e. The van der Waals surface area contributed by atoms with E-state index in [4.69, 9.17) is 0 Å². The number of aryl methyl sites for hydroxylation is 1. The molecule has 0 aliphatic rings. The summed E-state index contributed by atoms with van der Waals surface area (Å²) in [5, 5.41) is 12.7. The smallest absolute Gasteiger partial charge is 0.332 e. The normalized spacial score (nSPS) is 11.7. The van der Waals surface area contributed by atoms with Gasteiger partial charge in [-0.2, -0.15) is 5.26 Å². The van der Waals surface area contributed by atoms with E-state index in [0.717, 1.165) is 22.1 Å². The fraction of sp³-hybridized carbons (Fsp3) is 0.227. The van der Waals surface area contributed by atoms with Gasteiger partial charge >= 0.3 is 5.69 Å². The first-order valence-electron chi connectivity index (χ1n) is 9.18. The van der Waals surface area contributed by atoms with Crippen LogP contribution in [0.1, 0.15) is 35.2 Å². The van der Waals surface area contributed by atoms with Gasteiger partial charge in [0.2, 0.25) is 0 Å². The van der Waals surface area contributed by atoms with Crippen LogP contribution in [0.5, 0.6) is 0 Å². The fourth-order valence-electron chi connectivity index (χ4n) is 3.24. The summed E-state index contributed by atoms with van der Waals surface area (Å²) in [5.74, 6) is -0.313. The minimum absolute atomic E-state index is 0.0921. The van der Waals surface area contributed by atoms with Crippen molar-refractivity contribution in [3.05, 3.63) is 97.4 Å². The summed E-state index contributed by atoms with van der Waals surface area (Å²) < 4.78 is 16.0. The van der Waals surface area contributed by atoms with Crippen LogP contribution in [-0.4, -0.2) is 9.13 Å². The number of anilines is 1. The van der Waals surface area contributed by atoms with Gasteiger partial charge in [0.05, 0.1) is 6.04 Å². The van der Waals surface area contributed by atoms with Crippen LogP contribution in [0, 0.1) is 17.1 Å². The number of hydrogen-bond acceptors (Lipinski definition) is 4. The summed E-state index contributed by atoms with van der Waals surface area (Å²) in [6, 6.07) is 15.1. The molecule has 0 aliphatic heterocycles. The highest BCUT2D eigenvalue weighted by molar-refractivity contribution is 5.54. The third-order valence-corrected chi connectivity index (χ3v) is 4.96. The zero-order valence-electron chi connectivity index (χ0n) is 16.4. The standard InChI is InChI=1S/C22H21FN4O2/c1-4-14-8-10-15(11-9-14)19(16-6-5-7-17(23)12-16)25-20-18(13-24)21(28)27(3)22(29)26(20)2/h5-12,19,25H,4H2,1-3H3/t19-/m0/s1. The maximum absolute atomic E-state index is 13.9. The van der Waals surface area contributed by atoms with Crippen molar-refractivity contribution in [3.8, 4) is 6.07 Å². The first-order chi connectivity index (χ1) is 13.9. The zero-order valence-corrected chi connectivity index (χ0v) is 16.4. The number of halogens is 1. The summed E-state index contributed by atoms with van der Waals surface area (Å²) in [4.78, 5) is 24.8. The van der Waals surface area contributed by atoms with E-state index in [-0.39, 0.29) is 11.4 Å². The van der Waals surface area contributed by atoms with Crippen LogP contribution in [0.15, 0.2) is 58.1 Å². The third kappa shape index (κ3) is 3.83. The molecule has 29 heavy (non-hydrogen) atoms. The molecule has 1 heterocycles. The summed E-state index contributed by atoms with van der Waals surface area (Å²) in [5.41, 5.74) is 1.14.